The van der Waals surface area contributed by atoms with Gasteiger partial charge in [0, 0.05) is 30.8 Å². The Morgan fingerprint density at radius 2 is 2.11 bits per heavy atom. The van der Waals surface area contributed by atoms with Gasteiger partial charge in [-0.05, 0) is 37.3 Å². The summed E-state index contributed by atoms with van der Waals surface area (Å²) in [6.45, 7) is 10.3. The molecule has 1 heterocycles. The predicted octanol–water partition coefficient (Wildman–Crippen LogP) is 3.33. The Morgan fingerprint density at radius 3 is 2.67 bits per heavy atom. The molecule has 1 aromatic rings. The van der Waals surface area contributed by atoms with Crippen molar-refractivity contribution < 1.29 is 5.11 Å². The molecular weight excluding hydrogens is 222 g/mol. The number of para-hydroxylation sites is 1. The van der Waals surface area contributed by atoms with Crippen molar-refractivity contribution in [3.63, 3.8) is 0 Å². The smallest absolute Gasteiger partial charge is 0.0479 e. The van der Waals surface area contributed by atoms with Gasteiger partial charge in [-0.25, -0.2) is 0 Å². The summed E-state index contributed by atoms with van der Waals surface area (Å²) in [7, 11) is 0. The van der Waals surface area contributed by atoms with Crippen LogP contribution in [0.2, 0.25) is 0 Å². The average molecular weight is 247 g/mol. The first-order valence-electron chi connectivity index (χ1n) is 7.03. The van der Waals surface area contributed by atoms with Gasteiger partial charge in [-0.2, -0.15) is 0 Å². The summed E-state index contributed by atoms with van der Waals surface area (Å²) in [5, 5.41) is 9.42. The molecule has 1 saturated heterocycles. The molecule has 0 radical (unpaired) electrons. The summed E-state index contributed by atoms with van der Waals surface area (Å²) in [6.07, 6.45) is 1.10. The van der Waals surface area contributed by atoms with Gasteiger partial charge >= 0.3 is 0 Å². The van der Waals surface area contributed by atoms with Crippen LogP contribution in [0.15, 0.2) is 18.2 Å². The second-order valence-electron chi connectivity index (χ2n) is 5.83. The van der Waals surface area contributed by atoms with Crippen LogP contribution >= 0.6 is 0 Å². The van der Waals surface area contributed by atoms with E-state index >= 15 is 0 Å². The first-order valence-corrected chi connectivity index (χ1v) is 7.03. The van der Waals surface area contributed by atoms with E-state index in [0.717, 1.165) is 13.0 Å². The Kier molecular flexibility index (Phi) is 3.96. The molecule has 1 aromatic carbocycles. The zero-order valence-corrected chi connectivity index (χ0v) is 12.0. The maximum atomic E-state index is 9.42. The van der Waals surface area contributed by atoms with Crippen LogP contribution in [0.25, 0.3) is 0 Å². The number of anilines is 1. The Morgan fingerprint density at radius 1 is 1.39 bits per heavy atom. The molecule has 2 atom stereocenters. The molecule has 1 N–H and O–H groups in total. The van der Waals surface area contributed by atoms with Crippen molar-refractivity contribution >= 4 is 5.69 Å². The Bertz CT molecular complexity index is 414. The van der Waals surface area contributed by atoms with E-state index < -0.39 is 0 Å². The van der Waals surface area contributed by atoms with Gasteiger partial charge in [0.25, 0.3) is 0 Å². The fourth-order valence-corrected chi connectivity index (χ4v) is 3.10. The number of aliphatic hydroxyl groups is 1. The fourth-order valence-electron chi connectivity index (χ4n) is 3.10. The zero-order chi connectivity index (χ0) is 13.3. The van der Waals surface area contributed by atoms with E-state index in [1.54, 1.807) is 0 Å². The van der Waals surface area contributed by atoms with Crippen molar-refractivity contribution in [2.24, 2.45) is 5.92 Å². The van der Waals surface area contributed by atoms with E-state index in [0.29, 0.717) is 24.5 Å². The van der Waals surface area contributed by atoms with Crippen molar-refractivity contribution in [1.29, 1.82) is 0 Å². The van der Waals surface area contributed by atoms with Gasteiger partial charge in [0.1, 0.15) is 0 Å². The number of aryl methyl sites for hydroxylation is 1. The number of hydrogen-bond acceptors (Lipinski definition) is 2. The highest BCUT2D eigenvalue weighted by Crippen LogP contribution is 2.37. The summed E-state index contributed by atoms with van der Waals surface area (Å²) in [5.74, 6) is 0.963. The molecule has 2 nitrogen and oxygen atoms in total. The van der Waals surface area contributed by atoms with Crippen LogP contribution in [0, 0.1) is 12.8 Å². The van der Waals surface area contributed by atoms with Crippen molar-refractivity contribution in [3.8, 4) is 0 Å². The van der Waals surface area contributed by atoms with Gasteiger partial charge in [-0.1, -0.05) is 32.0 Å². The van der Waals surface area contributed by atoms with E-state index in [2.05, 4.69) is 50.8 Å². The molecule has 0 aromatic heterocycles. The summed E-state index contributed by atoms with van der Waals surface area (Å²) < 4.78 is 0. The van der Waals surface area contributed by atoms with Gasteiger partial charge in [-0.15, -0.1) is 0 Å². The monoisotopic (exact) mass is 247 g/mol. The summed E-state index contributed by atoms with van der Waals surface area (Å²) in [4.78, 5) is 2.49. The highest BCUT2D eigenvalue weighted by Gasteiger charge is 2.32. The number of rotatable bonds is 3. The van der Waals surface area contributed by atoms with Crippen molar-refractivity contribution in [2.75, 3.05) is 18.1 Å². The molecule has 0 spiro atoms. The highest BCUT2D eigenvalue weighted by atomic mass is 16.3. The zero-order valence-electron chi connectivity index (χ0n) is 12.0. The SMILES string of the molecule is Cc1cccc(C(C)C)c1N1CCC(CO)C1C. The third kappa shape index (κ3) is 2.26. The molecule has 0 bridgehead atoms. The average Bonchev–Trinajstić information content (AvgIpc) is 2.70. The van der Waals surface area contributed by atoms with Crippen LogP contribution in [0.3, 0.4) is 0 Å². The van der Waals surface area contributed by atoms with E-state index in [1.807, 2.05) is 0 Å². The number of benzene rings is 1. The van der Waals surface area contributed by atoms with Crippen LogP contribution in [0.5, 0.6) is 0 Å². The second-order valence-corrected chi connectivity index (χ2v) is 5.83. The number of nitrogens with zero attached hydrogens (tertiary/aromatic N) is 1. The second kappa shape index (κ2) is 5.31. The van der Waals surface area contributed by atoms with E-state index in [1.165, 1.54) is 16.8 Å². The largest absolute Gasteiger partial charge is 0.396 e. The van der Waals surface area contributed by atoms with Crippen molar-refractivity contribution in [2.45, 2.75) is 46.1 Å². The fraction of sp³-hybridized carbons (Fsp3) is 0.625. The molecule has 1 aliphatic heterocycles. The van der Waals surface area contributed by atoms with Gasteiger partial charge in [-0.3, -0.25) is 0 Å². The van der Waals surface area contributed by atoms with Crippen LogP contribution in [0.4, 0.5) is 5.69 Å². The molecule has 2 heteroatoms. The van der Waals surface area contributed by atoms with Gasteiger partial charge in [0.05, 0.1) is 0 Å². The summed E-state index contributed by atoms with van der Waals surface area (Å²) in [5.41, 5.74) is 4.18. The lowest BCUT2D eigenvalue weighted by molar-refractivity contribution is 0.221. The topological polar surface area (TPSA) is 23.5 Å². The molecule has 100 valence electrons. The lowest BCUT2D eigenvalue weighted by Crippen LogP contribution is -2.32. The Balaban J connectivity index is 2.39. The van der Waals surface area contributed by atoms with Crippen LogP contribution < -0.4 is 4.90 Å². The maximum Gasteiger partial charge on any atom is 0.0479 e. The molecule has 2 rings (SSSR count). The van der Waals surface area contributed by atoms with Gasteiger partial charge in [0.15, 0.2) is 0 Å². The summed E-state index contributed by atoms with van der Waals surface area (Å²) >= 11 is 0. The maximum absolute atomic E-state index is 9.42. The molecule has 1 aliphatic rings. The lowest BCUT2D eigenvalue weighted by atomic mass is 9.96. The standard InChI is InChI=1S/C16H25NO/c1-11(2)15-7-5-6-12(3)16(15)17-9-8-14(10-18)13(17)4/h5-7,11,13-14,18H,8-10H2,1-4H3. The molecule has 0 amide bonds. The molecular formula is C16H25NO. The normalized spacial score (nSPS) is 24.0. The minimum absolute atomic E-state index is 0.306. The molecule has 0 saturated carbocycles. The highest BCUT2D eigenvalue weighted by molar-refractivity contribution is 5.61. The van der Waals surface area contributed by atoms with E-state index in [9.17, 15) is 5.11 Å². The van der Waals surface area contributed by atoms with Crippen LogP contribution in [0.1, 0.15) is 44.2 Å². The van der Waals surface area contributed by atoms with Gasteiger partial charge < -0.3 is 10.0 Å². The predicted molar refractivity (Wildman–Crippen MR) is 77.3 cm³/mol. The van der Waals surface area contributed by atoms with Gasteiger partial charge in [0.2, 0.25) is 0 Å². The molecule has 0 aliphatic carbocycles. The van der Waals surface area contributed by atoms with Crippen molar-refractivity contribution in [1.82, 2.24) is 0 Å². The first-order chi connectivity index (χ1) is 8.56. The minimum Gasteiger partial charge on any atom is -0.396 e. The number of aliphatic hydroxyl groups excluding tert-OH is 1. The van der Waals surface area contributed by atoms with Crippen LogP contribution in [-0.2, 0) is 0 Å². The lowest BCUT2D eigenvalue weighted by Gasteiger charge is -2.31. The quantitative estimate of drug-likeness (QED) is 0.885. The van der Waals surface area contributed by atoms with E-state index in [-0.39, 0.29) is 0 Å². The Labute approximate surface area is 111 Å². The number of hydrogen-bond donors (Lipinski definition) is 1. The van der Waals surface area contributed by atoms with Crippen LogP contribution in [-0.4, -0.2) is 24.3 Å². The van der Waals surface area contributed by atoms with Crippen molar-refractivity contribution in [3.05, 3.63) is 29.3 Å². The summed E-state index contributed by atoms with van der Waals surface area (Å²) in [6, 6.07) is 7.03. The molecule has 1 fully saturated rings. The van der Waals surface area contributed by atoms with E-state index in [4.69, 9.17) is 0 Å². The first kappa shape index (κ1) is 13.4. The third-order valence-electron chi connectivity index (χ3n) is 4.33. The Hall–Kier alpha value is -1.02. The molecule has 18 heavy (non-hydrogen) atoms. The third-order valence-corrected chi connectivity index (χ3v) is 4.33. The molecule has 2 unspecified atom stereocenters. The minimum atomic E-state index is 0.306.